The third-order valence-electron chi connectivity index (χ3n) is 5.07. The van der Waals surface area contributed by atoms with Gasteiger partial charge in [-0.05, 0) is 18.6 Å². The maximum Gasteiger partial charge on any atom is 0.322 e. The van der Waals surface area contributed by atoms with Gasteiger partial charge in [0.2, 0.25) is 0 Å². The summed E-state index contributed by atoms with van der Waals surface area (Å²) in [6.45, 7) is 6.86. The predicted octanol–water partition coefficient (Wildman–Crippen LogP) is 3.45. The average molecular weight is 365 g/mol. The second kappa shape index (κ2) is 7.26. The predicted molar refractivity (Wildman–Crippen MR) is 105 cm³/mol. The maximum atomic E-state index is 12.7. The molecule has 0 radical (unpaired) electrons. The van der Waals surface area contributed by atoms with E-state index in [4.69, 9.17) is 4.42 Å². The number of carbonyl (C=O) groups excluding carboxylic acids is 1. The number of para-hydroxylation sites is 1. The van der Waals surface area contributed by atoms with Gasteiger partial charge in [-0.3, -0.25) is 4.98 Å². The van der Waals surface area contributed by atoms with Crippen molar-refractivity contribution in [3.05, 3.63) is 48.1 Å². The molecule has 0 unspecified atom stereocenters. The topological polar surface area (TPSA) is 74.5 Å². The molecule has 0 atom stereocenters. The van der Waals surface area contributed by atoms with Crippen LogP contribution in [0.3, 0.4) is 0 Å². The lowest BCUT2D eigenvalue weighted by molar-refractivity contribution is 0.208. The van der Waals surface area contributed by atoms with Crippen LogP contribution in [0.2, 0.25) is 0 Å². The van der Waals surface area contributed by atoms with Crippen LogP contribution in [-0.4, -0.2) is 47.1 Å². The molecular formula is C20H23N5O2. The summed E-state index contributed by atoms with van der Waals surface area (Å²) in [5.41, 5.74) is 2.61. The molecule has 1 saturated heterocycles. The van der Waals surface area contributed by atoms with Crippen LogP contribution in [-0.2, 0) is 6.42 Å². The highest BCUT2D eigenvalue weighted by molar-refractivity contribution is 6.00. The third-order valence-corrected chi connectivity index (χ3v) is 5.07. The molecule has 0 aliphatic carbocycles. The number of urea groups is 1. The van der Waals surface area contributed by atoms with Crippen LogP contribution in [0, 0.1) is 6.92 Å². The number of aryl methyl sites for hydroxylation is 2. The fraction of sp³-hybridized carbons (Fsp3) is 0.350. The Hall–Kier alpha value is -3.09. The number of fused-ring (bicyclic) bond motifs is 1. The highest BCUT2D eigenvalue weighted by Gasteiger charge is 2.23. The van der Waals surface area contributed by atoms with Gasteiger partial charge in [-0.15, -0.1) is 0 Å². The molecule has 0 bridgehead atoms. The summed E-state index contributed by atoms with van der Waals surface area (Å²) in [5, 5.41) is 4.07. The van der Waals surface area contributed by atoms with Crippen LogP contribution in [0.5, 0.6) is 0 Å². The molecule has 3 aromatic rings. The zero-order valence-corrected chi connectivity index (χ0v) is 15.6. The number of hydrogen-bond acceptors (Lipinski definition) is 5. The normalized spacial score (nSPS) is 14.6. The van der Waals surface area contributed by atoms with E-state index in [9.17, 15) is 4.79 Å². The Kier molecular flexibility index (Phi) is 4.66. The van der Waals surface area contributed by atoms with Gasteiger partial charge in [0.15, 0.2) is 5.58 Å². The van der Waals surface area contributed by atoms with Gasteiger partial charge in [0, 0.05) is 50.4 Å². The zero-order chi connectivity index (χ0) is 18.8. The third kappa shape index (κ3) is 3.32. The number of hydrogen-bond donors (Lipinski definition) is 1. The minimum Gasteiger partial charge on any atom is -0.459 e. The molecule has 140 valence electrons. The summed E-state index contributed by atoms with van der Waals surface area (Å²) in [5.74, 6) is 1.81. The summed E-state index contributed by atoms with van der Waals surface area (Å²) in [7, 11) is 0. The molecule has 7 nitrogen and oxygen atoms in total. The van der Waals surface area contributed by atoms with Crippen molar-refractivity contribution in [2.75, 3.05) is 36.4 Å². The summed E-state index contributed by atoms with van der Waals surface area (Å²) in [6.07, 6.45) is 5.93. The van der Waals surface area contributed by atoms with Crippen LogP contribution in [0.25, 0.3) is 11.0 Å². The fourth-order valence-electron chi connectivity index (χ4n) is 3.52. The lowest BCUT2D eigenvalue weighted by atomic mass is 10.1. The SMILES string of the molecule is CCc1oc2c(NC(=O)N3CCN(c4cnccn4)CC3)cccc2c1C. The van der Waals surface area contributed by atoms with Gasteiger partial charge < -0.3 is 19.5 Å². The van der Waals surface area contributed by atoms with Crippen LogP contribution in [0.15, 0.2) is 41.2 Å². The number of piperazine rings is 1. The van der Waals surface area contributed by atoms with Crippen molar-refractivity contribution in [3.8, 4) is 0 Å². The molecule has 27 heavy (non-hydrogen) atoms. The highest BCUT2D eigenvalue weighted by Crippen LogP contribution is 2.31. The van der Waals surface area contributed by atoms with E-state index in [1.807, 2.05) is 23.1 Å². The monoisotopic (exact) mass is 365 g/mol. The van der Waals surface area contributed by atoms with Crippen molar-refractivity contribution < 1.29 is 9.21 Å². The van der Waals surface area contributed by atoms with E-state index in [0.29, 0.717) is 13.1 Å². The lowest BCUT2D eigenvalue weighted by Gasteiger charge is -2.35. The molecular weight excluding hydrogens is 342 g/mol. The number of carbonyl (C=O) groups is 1. The van der Waals surface area contributed by atoms with Crippen molar-refractivity contribution >= 4 is 28.5 Å². The van der Waals surface area contributed by atoms with Crippen LogP contribution in [0.1, 0.15) is 18.2 Å². The molecule has 1 N–H and O–H groups in total. The van der Waals surface area contributed by atoms with Crippen LogP contribution in [0.4, 0.5) is 16.3 Å². The van der Waals surface area contributed by atoms with Crippen molar-refractivity contribution in [3.63, 3.8) is 0 Å². The van der Waals surface area contributed by atoms with Gasteiger partial charge in [0.25, 0.3) is 0 Å². The first kappa shape index (κ1) is 17.3. The van der Waals surface area contributed by atoms with E-state index in [1.54, 1.807) is 18.6 Å². The Morgan fingerprint density at radius 1 is 1.22 bits per heavy atom. The van der Waals surface area contributed by atoms with Crippen molar-refractivity contribution in [2.45, 2.75) is 20.3 Å². The van der Waals surface area contributed by atoms with E-state index in [2.05, 4.69) is 34.0 Å². The molecule has 1 aliphatic heterocycles. The number of furan rings is 1. The molecule has 0 saturated carbocycles. The largest absolute Gasteiger partial charge is 0.459 e. The first-order chi connectivity index (χ1) is 13.2. The zero-order valence-electron chi connectivity index (χ0n) is 15.6. The number of nitrogens with zero attached hydrogens (tertiary/aromatic N) is 4. The Labute approximate surface area is 158 Å². The highest BCUT2D eigenvalue weighted by atomic mass is 16.3. The van der Waals surface area contributed by atoms with Crippen molar-refractivity contribution in [2.24, 2.45) is 0 Å². The quantitative estimate of drug-likeness (QED) is 0.769. The molecule has 3 heterocycles. The molecule has 2 amide bonds. The van der Waals surface area contributed by atoms with Gasteiger partial charge in [-0.25, -0.2) is 9.78 Å². The van der Waals surface area contributed by atoms with Gasteiger partial charge in [0.05, 0.1) is 11.9 Å². The van der Waals surface area contributed by atoms with E-state index in [0.717, 1.165) is 53.3 Å². The smallest absolute Gasteiger partial charge is 0.322 e. The second-order valence-corrected chi connectivity index (χ2v) is 6.65. The molecule has 1 fully saturated rings. The molecule has 1 aromatic carbocycles. The Bertz CT molecular complexity index is 946. The Morgan fingerprint density at radius 2 is 2.04 bits per heavy atom. The Balaban J connectivity index is 1.45. The molecule has 1 aliphatic rings. The van der Waals surface area contributed by atoms with Gasteiger partial charge in [-0.1, -0.05) is 19.1 Å². The Morgan fingerprint density at radius 3 is 2.74 bits per heavy atom. The second-order valence-electron chi connectivity index (χ2n) is 6.65. The van der Waals surface area contributed by atoms with E-state index in [1.165, 1.54) is 0 Å². The number of benzene rings is 1. The minimum atomic E-state index is -0.103. The molecule has 0 spiro atoms. The summed E-state index contributed by atoms with van der Waals surface area (Å²) in [6, 6.07) is 5.76. The van der Waals surface area contributed by atoms with Crippen LogP contribution >= 0.6 is 0 Å². The van der Waals surface area contributed by atoms with Crippen molar-refractivity contribution in [1.29, 1.82) is 0 Å². The molecule has 7 heteroatoms. The van der Waals surface area contributed by atoms with E-state index >= 15 is 0 Å². The van der Waals surface area contributed by atoms with Gasteiger partial charge in [0.1, 0.15) is 11.6 Å². The summed E-state index contributed by atoms with van der Waals surface area (Å²) >= 11 is 0. The first-order valence-electron chi connectivity index (χ1n) is 9.25. The number of nitrogens with one attached hydrogen (secondary N) is 1. The fourth-order valence-corrected chi connectivity index (χ4v) is 3.52. The number of aromatic nitrogens is 2. The van der Waals surface area contributed by atoms with Crippen LogP contribution < -0.4 is 10.2 Å². The van der Waals surface area contributed by atoms with Gasteiger partial charge in [-0.2, -0.15) is 0 Å². The first-order valence-corrected chi connectivity index (χ1v) is 9.25. The van der Waals surface area contributed by atoms with E-state index in [-0.39, 0.29) is 6.03 Å². The standard InChI is InChI=1S/C20H23N5O2/c1-3-17-14(2)15-5-4-6-16(19(15)27-17)23-20(26)25-11-9-24(10-12-25)18-13-21-7-8-22-18/h4-8,13H,3,9-12H2,1-2H3,(H,23,26). The molecule has 2 aromatic heterocycles. The van der Waals surface area contributed by atoms with E-state index < -0.39 is 0 Å². The number of amides is 2. The molecule has 4 rings (SSSR count). The lowest BCUT2D eigenvalue weighted by Crippen LogP contribution is -2.50. The maximum absolute atomic E-state index is 12.7. The summed E-state index contributed by atoms with van der Waals surface area (Å²) < 4.78 is 5.99. The van der Waals surface area contributed by atoms with Gasteiger partial charge >= 0.3 is 6.03 Å². The minimum absolute atomic E-state index is 0.103. The summed E-state index contributed by atoms with van der Waals surface area (Å²) in [4.78, 5) is 25.1. The van der Waals surface area contributed by atoms with Crippen molar-refractivity contribution in [1.82, 2.24) is 14.9 Å². The average Bonchev–Trinajstić information content (AvgIpc) is 3.06. The number of rotatable bonds is 3. The number of anilines is 2.